The number of imide groups is 1. The van der Waals surface area contributed by atoms with Crippen molar-refractivity contribution < 1.29 is 14.5 Å². The van der Waals surface area contributed by atoms with Crippen molar-refractivity contribution in [1.29, 1.82) is 0 Å². The Labute approximate surface area is 212 Å². The van der Waals surface area contributed by atoms with Gasteiger partial charge in [-0.05, 0) is 24.3 Å². The molecule has 172 valence electrons. The van der Waals surface area contributed by atoms with Crippen molar-refractivity contribution in [2.24, 2.45) is 0 Å². The molecule has 2 aliphatic heterocycles. The summed E-state index contributed by atoms with van der Waals surface area (Å²) in [6.45, 7) is 2.93. The number of rotatable bonds is 5. The Morgan fingerprint density at radius 2 is 1.29 bits per heavy atom. The van der Waals surface area contributed by atoms with Crippen LogP contribution in [-0.4, -0.2) is 42.9 Å². The van der Waals surface area contributed by atoms with Gasteiger partial charge in [0.05, 0.1) is 31.9 Å². The molecule has 0 radical (unpaired) electrons. The number of carbonyl (C=O) groups is 2. The van der Waals surface area contributed by atoms with Gasteiger partial charge in [0.1, 0.15) is 16.8 Å². The average molecular weight is 538 g/mol. The molecule has 3 aromatic carbocycles. The summed E-state index contributed by atoms with van der Waals surface area (Å²) in [4.78, 5) is 30.7. The predicted molar refractivity (Wildman–Crippen MR) is 137 cm³/mol. The first kappa shape index (κ1) is 22.8. The zero-order valence-electron chi connectivity index (χ0n) is 18.5. The van der Waals surface area contributed by atoms with E-state index in [1.165, 1.54) is 20.9 Å². The van der Waals surface area contributed by atoms with Gasteiger partial charge in [0.15, 0.2) is 0 Å². The summed E-state index contributed by atoms with van der Waals surface area (Å²) in [6.07, 6.45) is 0. The summed E-state index contributed by atoms with van der Waals surface area (Å²) < 4.78 is 0.875. The van der Waals surface area contributed by atoms with Crippen molar-refractivity contribution in [2.75, 3.05) is 31.1 Å². The zero-order valence-corrected chi connectivity index (χ0v) is 20.8. The molecule has 0 atom stereocenters. The summed E-state index contributed by atoms with van der Waals surface area (Å²) in [5, 5.41) is -0.000891. The Kier molecular flexibility index (Phi) is 6.55. The van der Waals surface area contributed by atoms with Crippen LogP contribution in [0.15, 0.2) is 100 Å². The van der Waals surface area contributed by atoms with E-state index in [1.807, 2.05) is 17.0 Å². The smallest absolute Gasteiger partial charge is 0.283 e. The fraction of sp³-hybridized carbons (Fsp3) is 0.185. The summed E-state index contributed by atoms with van der Waals surface area (Å²) in [6, 6.07) is 28.3. The third-order valence-corrected chi connectivity index (χ3v) is 7.35. The van der Waals surface area contributed by atoms with E-state index in [0.29, 0.717) is 24.5 Å². The van der Waals surface area contributed by atoms with Gasteiger partial charge in [-0.1, -0.05) is 88.2 Å². The van der Waals surface area contributed by atoms with Crippen LogP contribution in [0, 0.1) is 0 Å². The van der Waals surface area contributed by atoms with Crippen molar-refractivity contribution in [3.63, 3.8) is 0 Å². The van der Waals surface area contributed by atoms with E-state index in [-0.39, 0.29) is 17.0 Å². The number of hydrogen-bond acceptors (Lipinski definition) is 3. The summed E-state index contributed by atoms with van der Waals surface area (Å²) in [5.74, 6) is -0.825. The Balaban J connectivity index is 1.35. The van der Waals surface area contributed by atoms with E-state index in [4.69, 9.17) is 11.6 Å². The topological polar surface area (TPSA) is 45.1 Å². The number of hydrogen-bond donors (Lipinski definition) is 1. The number of quaternary nitrogens is 1. The molecule has 2 aliphatic rings. The fourth-order valence-corrected chi connectivity index (χ4v) is 5.40. The van der Waals surface area contributed by atoms with Crippen LogP contribution in [0.5, 0.6) is 0 Å². The highest BCUT2D eigenvalue weighted by molar-refractivity contribution is 9.10. The van der Waals surface area contributed by atoms with Gasteiger partial charge in [0.2, 0.25) is 0 Å². The van der Waals surface area contributed by atoms with E-state index in [9.17, 15) is 9.59 Å². The Morgan fingerprint density at radius 1 is 0.765 bits per heavy atom. The number of piperazine rings is 1. The minimum Gasteiger partial charge on any atom is -0.354 e. The highest BCUT2D eigenvalue weighted by Gasteiger charge is 2.43. The number of anilines is 1. The second kappa shape index (κ2) is 9.74. The number of nitrogens with zero attached hydrogens (tertiary/aromatic N) is 2. The maximum Gasteiger partial charge on any atom is 0.283 e. The standard InChI is InChI=1S/C27H23BrClN3O2/c28-21-11-13-22(14-12-21)32-26(33)23(29)25(27(32)34)31-17-15-30(16-18-31)24(19-7-3-1-4-8-19)20-9-5-2-6-10-20/h1-14,24H,15-18H2/p+1. The molecule has 0 aromatic heterocycles. The Hall–Kier alpha value is -2.93. The van der Waals surface area contributed by atoms with Gasteiger partial charge in [-0.15, -0.1) is 0 Å². The van der Waals surface area contributed by atoms with Crippen LogP contribution in [0.2, 0.25) is 0 Å². The number of benzene rings is 3. The van der Waals surface area contributed by atoms with Crippen molar-refractivity contribution in [2.45, 2.75) is 6.04 Å². The minimum absolute atomic E-state index is 0.000891. The molecule has 1 N–H and O–H groups in total. The first-order valence-electron chi connectivity index (χ1n) is 11.3. The molecule has 2 amide bonds. The zero-order chi connectivity index (χ0) is 23.7. The quantitative estimate of drug-likeness (QED) is 0.504. The molecule has 1 fully saturated rings. The SMILES string of the molecule is O=C1C(Cl)=C(N2CC[NH+](C(c3ccccc3)c3ccccc3)CC2)C(=O)N1c1ccc(Br)cc1. The average Bonchev–Trinajstić information content (AvgIpc) is 3.09. The summed E-state index contributed by atoms with van der Waals surface area (Å²) in [5.41, 5.74) is 3.36. The molecule has 0 bridgehead atoms. The van der Waals surface area contributed by atoms with Crippen molar-refractivity contribution in [3.05, 3.63) is 111 Å². The van der Waals surface area contributed by atoms with Gasteiger partial charge in [-0.25, -0.2) is 4.90 Å². The molecule has 0 unspecified atom stereocenters. The maximum absolute atomic E-state index is 13.3. The third kappa shape index (κ3) is 4.29. The van der Waals surface area contributed by atoms with Gasteiger partial charge >= 0.3 is 0 Å². The lowest BCUT2D eigenvalue weighted by Crippen LogP contribution is -3.15. The summed E-state index contributed by atoms with van der Waals surface area (Å²) in [7, 11) is 0. The van der Waals surface area contributed by atoms with Gasteiger partial charge < -0.3 is 9.80 Å². The predicted octanol–water partition coefficient (Wildman–Crippen LogP) is 3.76. The normalized spacial score (nSPS) is 17.3. The van der Waals surface area contributed by atoms with E-state index in [0.717, 1.165) is 17.6 Å². The Morgan fingerprint density at radius 3 is 1.82 bits per heavy atom. The monoisotopic (exact) mass is 536 g/mol. The highest BCUT2D eigenvalue weighted by atomic mass is 79.9. The lowest BCUT2D eigenvalue weighted by Gasteiger charge is -2.38. The summed E-state index contributed by atoms with van der Waals surface area (Å²) >= 11 is 9.82. The second-order valence-corrected chi connectivity index (χ2v) is 9.78. The van der Waals surface area contributed by atoms with Gasteiger partial charge in [-0.2, -0.15) is 0 Å². The van der Waals surface area contributed by atoms with Crippen molar-refractivity contribution in [1.82, 2.24) is 4.90 Å². The molecule has 34 heavy (non-hydrogen) atoms. The number of halogens is 2. The molecule has 0 spiro atoms. The molecule has 0 aliphatic carbocycles. The molecule has 3 aromatic rings. The molecular formula is C27H24BrClN3O2+. The van der Waals surface area contributed by atoms with Crippen LogP contribution in [0.3, 0.4) is 0 Å². The second-order valence-electron chi connectivity index (χ2n) is 8.48. The lowest BCUT2D eigenvalue weighted by atomic mass is 9.96. The van der Waals surface area contributed by atoms with E-state index in [2.05, 4.69) is 64.5 Å². The minimum atomic E-state index is -0.467. The van der Waals surface area contributed by atoms with Crippen LogP contribution < -0.4 is 9.80 Å². The maximum atomic E-state index is 13.3. The molecule has 2 heterocycles. The fourth-order valence-electron chi connectivity index (χ4n) is 4.85. The first-order chi connectivity index (χ1) is 16.5. The van der Waals surface area contributed by atoms with Gasteiger partial charge in [-0.3, -0.25) is 9.59 Å². The van der Waals surface area contributed by atoms with E-state index < -0.39 is 5.91 Å². The van der Waals surface area contributed by atoms with Crippen LogP contribution in [-0.2, 0) is 9.59 Å². The first-order valence-corrected chi connectivity index (χ1v) is 12.4. The molecule has 5 nitrogen and oxygen atoms in total. The van der Waals surface area contributed by atoms with Crippen molar-refractivity contribution in [3.8, 4) is 0 Å². The van der Waals surface area contributed by atoms with Crippen LogP contribution in [0.4, 0.5) is 5.69 Å². The molecule has 1 saturated heterocycles. The van der Waals surface area contributed by atoms with E-state index >= 15 is 0 Å². The van der Waals surface area contributed by atoms with Crippen LogP contribution in [0.1, 0.15) is 17.2 Å². The van der Waals surface area contributed by atoms with Crippen molar-refractivity contribution >= 4 is 45.0 Å². The molecule has 5 rings (SSSR count). The molecule has 0 saturated carbocycles. The van der Waals surface area contributed by atoms with Gasteiger partial charge in [0, 0.05) is 15.6 Å². The molecule has 7 heteroatoms. The van der Waals surface area contributed by atoms with Crippen LogP contribution >= 0.6 is 27.5 Å². The van der Waals surface area contributed by atoms with Gasteiger partial charge in [0.25, 0.3) is 11.8 Å². The number of amides is 2. The number of nitrogens with one attached hydrogen (secondary N) is 1. The lowest BCUT2D eigenvalue weighted by molar-refractivity contribution is -0.929. The Bertz CT molecular complexity index is 1180. The highest BCUT2D eigenvalue weighted by Crippen LogP contribution is 2.32. The number of carbonyl (C=O) groups excluding carboxylic acids is 2. The molecular weight excluding hydrogens is 514 g/mol. The van der Waals surface area contributed by atoms with E-state index in [1.54, 1.807) is 24.3 Å². The third-order valence-electron chi connectivity index (χ3n) is 6.49. The van der Waals surface area contributed by atoms with Crippen LogP contribution in [0.25, 0.3) is 0 Å². The largest absolute Gasteiger partial charge is 0.354 e.